The van der Waals surface area contributed by atoms with Crippen LogP contribution in [0.5, 0.6) is 0 Å². The monoisotopic (exact) mass is 262 g/mol. The number of carboxylic acids is 1. The first-order valence-electron chi connectivity index (χ1n) is 4.68. The Balaban J connectivity index is 2.40. The van der Waals surface area contributed by atoms with E-state index in [-0.39, 0.29) is 10.8 Å². The lowest BCUT2D eigenvalue weighted by Gasteiger charge is -1.99. The lowest BCUT2D eigenvalue weighted by atomic mass is 10.2. The summed E-state index contributed by atoms with van der Waals surface area (Å²) in [6.45, 7) is 0. The Bertz CT molecular complexity index is 381. The van der Waals surface area contributed by atoms with E-state index in [2.05, 4.69) is 10.3 Å². The summed E-state index contributed by atoms with van der Waals surface area (Å²) in [5.74, 6) is -0.676. The fourth-order valence-electron chi connectivity index (χ4n) is 0.993. The third-order valence-corrected chi connectivity index (χ3v) is 2.92. The zero-order valence-corrected chi connectivity index (χ0v) is 9.98. The van der Waals surface area contributed by atoms with Crippen molar-refractivity contribution in [2.24, 2.45) is 0 Å². The molecule has 0 aromatic carbocycles. The van der Waals surface area contributed by atoms with E-state index in [9.17, 15) is 9.59 Å². The minimum atomic E-state index is -1.04. The molecule has 0 fully saturated rings. The molecule has 0 atom stereocenters. The highest BCUT2D eigenvalue weighted by molar-refractivity contribution is 7.17. The number of aromatic nitrogens is 1. The number of nitrogens with one attached hydrogen (secondary N) is 1. The van der Waals surface area contributed by atoms with E-state index in [4.69, 9.17) is 16.7 Å². The topological polar surface area (TPSA) is 79.3 Å². The molecular weight excluding hydrogens is 252 g/mol. The Morgan fingerprint density at radius 3 is 2.81 bits per heavy atom. The van der Waals surface area contributed by atoms with Crippen LogP contribution in [0.1, 0.15) is 28.9 Å². The van der Waals surface area contributed by atoms with Gasteiger partial charge in [-0.15, -0.1) is 11.6 Å². The predicted molar refractivity (Wildman–Crippen MR) is 62.3 cm³/mol. The van der Waals surface area contributed by atoms with Crippen LogP contribution < -0.4 is 5.32 Å². The number of rotatable bonds is 6. The molecule has 0 bridgehead atoms. The summed E-state index contributed by atoms with van der Waals surface area (Å²) in [5.41, 5.74) is 0. The lowest BCUT2D eigenvalue weighted by molar-refractivity contribution is -0.116. The van der Waals surface area contributed by atoms with Gasteiger partial charge in [0.25, 0.3) is 0 Å². The summed E-state index contributed by atoms with van der Waals surface area (Å²) >= 11 is 6.42. The number of anilines is 1. The first kappa shape index (κ1) is 12.9. The smallest absolute Gasteiger partial charge is 0.347 e. The number of alkyl halides is 1. The fraction of sp³-hybridized carbons (Fsp3) is 0.444. The van der Waals surface area contributed by atoms with Crippen molar-refractivity contribution in [1.29, 1.82) is 0 Å². The molecule has 1 aromatic rings. The van der Waals surface area contributed by atoms with Gasteiger partial charge < -0.3 is 10.4 Å². The SMILES string of the molecule is O=C(CCCCCl)Nc1ncc(C(=O)O)s1. The number of hydrogen-bond donors (Lipinski definition) is 2. The molecule has 1 aromatic heterocycles. The molecule has 2 N–H and O–H groups in total. The molecule has 1 rings (SSSR count). The van der Waals surface area contributed by atoms with Crippen LogP contribution in [0.4, 0.5) is 5.13 Å². The van der Waals surface area contributed by atoms with Crippen molar-refractivity contribution >= 4 is 39.9 Å². The molecule has 0 radical (unpaired) electrons. The standard InChI is InChI=1S/C9H11ClN2O3S/c10-4-2-1-3-7(13)12-9-11-5-6(16-9)8(14)15/h5H,1-4H2,(H,14,15)(H,11,12,13). The van der Waals surface area contributed by atoms with Crippen molar-refractivity contribution in [3.63, 3.8) is 0 Å². The van der Waals surface area contributed by atoms with Crippen molar-refractivity contribution in [2.45, 2.75) is 19.3 Å². The second-order valence-corrected chi connectivity index (χ2v) is 4.44. The van der Waals surface area contributed by atoms with Crippen LogP contribution in [-0.2, 0) is 4.79 Å². The highest BCUT2D eigenvalue weighted by atomic mass is 35.5. The number of carbonyl (C=O) groups excluding carboxylic acids is 1. The molecule has 5 nitrogen and oxygen atoms in total. The highest BCUT2D eigenvalue weighted by Crippen LogP contribution is 2.18. The minimum Gasteiger partial charge on any atom is -0.477 e. The molecule has 1 heterocycles. The highest BCUT2D eigenvalue weighted by Gasteiger charge is 2.10. The first-order valence-corrected chi connectivity index (χ1v) is 6.03. The summed E-state index contributed by atoms with van der Waals surface area (Å²) in [6.07, 6.45) is 3.09. The van der Waals surface area contributed by atoms with Gasteiger partial charge in [0.05, 0.1) is 6.20 Å². The number of aromatic carboxylic acids is 1. The van der Waals surface area contributed by atoms with Crippen LogP contribution in [0.2, 0.25) is 0 Å². The van der Waals surface area contributed by atoms with Crippen molar-refractivity contribution in [3.05, 3.63) is 11.1 Å². The summed E-state index contributed by atoms with van der Waals surface area (Å²) < 4.78 is 0. The summed E-state index contributed by atoms with van der Waals surface area (Å²) in [4.78, 5) is 25.8. The van der Waals surface area contributed by atoms with Crippen LogP contribution in [0, 0.1) is 0 Å². The zero-order chi connectivity index (χ0) is 12.0. The quantitative estimate of drug-likeness (QED) is 0.608. The van der Waals surface area contributed by atoms with Gasteiger partial charge in [-0.3, -0.25) is 4.79 Å². The Kier molecular flexibility index (Phi) is 5.21. The number of thiazole rings is 1. The van der Waals surface area contributed by atoms with E-state index in [1.807, 2.05) is 0 Å². The third kappa shape index (κ3) is 4.16. The Morgan fingerprint density at radius 1 is 1.50 bits per heavy atom. The van der Waals surface area contributed by atoms with Gasteiger partial charge in [-0.25, -0.2) is 9.78 Å². The number of halogens is 1. The number of amides is 1. The van der Waals surface area contributed by atoms with Gasteiger partial charge in [-0.05, 0) is 12.8 Å². The Labute approximate surface area is 101 Å². The van der Waals surface area contributed by atoms with Gasteiger partial charge in [0.2, 0.25) is 5.91 Å². The number of carboxylic acid groups (broad SMARTS) is 1. The van der Waals surface area contributed by atoms with E-state index in [0.29, 0.717) is 23.9 Å². The molecule has 0 aliphatic heterocycles. The van der Waals surface area contributed by atoms with Gasteiger partial charge in [0, 0.05) is 12.3 Å². The molecule has 0 spiro atoms. The maximum Gasteiger partial charge on any atom is 0.347 e. The maximum absolute atomic E-state index is 11.3. The predicted octanol–water partition coefficient (Wildman–Crippen LogP) is 2.19. The summed E-state index contributed by atoms with van der Waals surface area (Å²) in [5, 5.41) is 11.5. The van der Waals surface area contributed by atoms with E-state index < -0.39 is 5.97 Å². The van der Waals surface area contributed by atoms with Crippen LogP contribution in [-0.4, -0.2) is 27.8 Å². The van der Waals surface area contributed by atoms with Gasteiger partial charge in [-0.1, -0.05) is 11.3 Å². The fourth-order valence-corrected chi connectivity index (χ4v) is 1.85. The van der Waals surface area contributed by atoms with Crippen LogP contribution >= 0.6 is 22.9 Å². The summed E-state index contributed by atoms with van der Waals surface area (Å²) in [6, 6.07) is 0. The average molecular weight is 263 g/mol. The van der Waals surface area contributed by atoms with Crippen LogP contribution in [0.3, 0.4) is 0 Å². The molecule has 0 saturated carbocycles. The van der Waals surface area contributed by atoms with Crippen molar-refractivity contribution in [2.75, 3.05) is 11.2 Å². The maximum atomic E-state index is 11.3. The molecule has 0 unspecified atom stereocenters. The van der Waals surface area contributed by atoms with E-state index in [1.54, 1.807) is 0 Å². The molecule has 7 heteroatoms. The van der Waals surface area contributed by atoms with E-state index in [1.165, 1.54) is 6.20 Å². The van der Waals surface area contributed by atoms with Crippen LogP contribution in [0.15, 0.2) is 6.20 Å². The minimum absolute atomic E-state index is 0.107. The first-order chi connectivity index (χ1) is 7.63. The Hall–Kier alpha value is -1.14. The average Bonchev–Trinajstić information content (AvgIpc) is 2.66. The van der Waals surface area contributed by atoms with Crippen molar-refractivity contribution in [1.82, 2.24) is 4.98 Å². The number of nitrogens with zero attached hydrogens (tertiary/aromatic N) is 1. The second-order valence-electron chi connectivity index (χ2n) is 3.03. The number of hydrogen-bond acceptors (Lipinski definition) is 4. The summed E-state index contributed by atoms with van der Waals surface area (Å²) in [7, 11) is 0. The van der Waals surface area contributed by atoms with Crippen LogP contribution in [0.25, 0.3) is 0 Å². The molecule has 1 amide bonds. The van der Waals surface area contributed by atoms with Crippen molar-refractivity contribution in [3.8, 4) is 0 Å². The van der Waals surface area contributed by atoms with Crippen molar-refractivity contribution < 1.29 is 14.7 Å². The van der Waals surface area contributed by atoms with Gasteiger partial charge >= 0.3 is 5.97 Å². The largest absolute Gasteiger partial charge is 0.477 e. The van der Waals surface area contributed by atoms with Gasteiger partial charge in [0.15, 0.2) is 5.13 Å². The van der Waals surface area contributed by atoms with E-state index in [0.717, 1.165) is 17.8 Å². The molecule has 0 aliphatic rings. The van der Waals surface area contributed by atoms with Gasteiger partial charge in [-0.2, -0.15) is 0 Å². The molecule has 16 heavy (non-hydrogen) atoms. The molecule has 88 valence electrons. The second kappa shape index (κ2) is 6.44. The Morgan fingerprint density at radius 2 is 2.25 bits per heavy atom. The molecule has 0 aliphatic carbocycles. The number of unbranched alkanes of at least 4 members (excludes halogenated alkanes) is 1. The zero-order valence-electron chi connectivity index (χ0n) is 8.40. The number of carbonyl (C=O) groups is 2. The van der Waals surface area contributed by atoms with E-state index >= 15 is 0 Å². The van der Waals surface area contributed by atoms with Gasteiger partial charge in [0.1, 0.15) is 4.88 Å². The third-order valence-electron chi connectivity index (χ3n) is 1.75. The normalized spacial score (nSPS) is 10.1. The molecule has 0 saturated heterocycles. The molecular formula is C9H11ClN2O3S. The lowest BCUT2D eigenvalue weighted by Crippen LogP contribution is -2.10.